The normalized spacial score (nSPS) is 15.3. The molecule has 15 heavy (non-hydrogen) atoms. The number of nitrogens with two attached hydrogens (primary N) is 1. The second-order valence-corrected chi connectivity index (χ2v) is 3.86. The minimum atomic E-state index is 0.190. The van der Waals surface area contributed by atoms with Crippen LogP contribution in [0.25, 0.3) is 0 Å². The van der Waals surface area contributed by atoms with Crippen LogP contribution in [0.1, 0.15) is 18.5 Å². The topological polar surface area (TPSA) is 62.4 Å². The van der Waals surface area contributed by atoms with Gasteiger partial charge in [0, 0.05) is 19.1 Å². The number of aliphatic hydroxyl groups is 1. The van der Waals surface area contributed by atoms with Crippen LogP contribution in [-0.4, -0.2) is 29.3 Å². The third kappa shape index (κ3) is 2.46. The monoisotopic (exact) mass is 207 g/mol. The van der Waals surface area contributed by atoms with Gasteiger partial charge in [-0.3, -0.25) is 4.98 Å². The zero-order chi connectivity index (χ0) is 10.7. The summed E-state index contributed by atoms with van der Waals surface area (Å²) < 4.78 is 0. The third-order valence-corrected chi connectivity index (χ3v) is 2.68. The summed E-state index contributed by atoms with van der Waals surface area (Å²) in [6.07, 6.45) is 4.29. The van der Waals surface area contributed by atoms with E-state index in [1.807, 2.05) is 18.3 Å². The Morgan fingerprint density at radius 1 is 1.47 bits per heavy atom. The average Bonchev–Trinajstić information content (AvgIpc) is 3.10. The molecular weight excluding hydrogens is 190 g/mol. The molecule has 82 valence electrons. The van der Waals surface area contributed by atoms with E-state index in [1.54, 1.807) is 0 Å². The van der Waals surface area contributed by atoms with E-state index in [0.29, 0.717) is 19.1 Å². The van der Waals surface area contributed by atoms with Crippen molar-refractivity contribution < 1.29 is 5.11 Å². The van der Waals surface area contributed by atoms with Gasteiger partial charge in [-0.25, -0.2) is 0 Å². The fourth-order valence-electron chi connectivity index (χ4n) is 1.72. The van der Waals surface area contributed by atoms with Gasteiger partial charge in [0.15, 0.2) is 0 Å². The summed E-state index contributed by atoms with van der Waals surface area (Å²) >= 11 is 0. The Kier molecular flexibility index (Phi) is 3.18. The average molecular weight is 207 g/mol. The molecule has 0 amide bonds. The molecule has 1 aliphatic rings. The lowest BCUT2D eigenvalue weighted by Crippen LogP contribution is -2.28. The van der Waals surface area contributed by atoms with Gasteiger partial charge >= 0.3 is 0 Å². The summed E-state index contributed by atoms with van der Waals surface area (Å²) in [5.41, 5.74) is 7.48. The number of hydrogen-bond acceptors (Lipinski definition) is 4. The van der Waals surface area contributed by atoms with Gasteiger partial charge in [-0.05, 0) is 25.0 Å². The van der Waals surface area contributed by atoms with Crippen molar-refractivity contribution in [3.63, 3.8) is 0 Å². The van der Waals surface area contributed by atoms with Crippen molar-refractivity contribution in [2.45, 2.75) is 25.4 Å². The van der Waals surface area contributed by atoms with Crippen molar-refractivity contribution in [2.75, 3.05) is 18.1 Å². The molecular formula is C11H17N3O. The quantitative estimate of drug-likeness (QED) is 0.738. The first-order chi connectivity index (χ1) is 7.35. The highest BCUT2D eigenvalue weighted by atomic mass is 16.3. The first-order valence-corrected chi connectivity index (χ1v) is 5.37. The van der Waals surface area contributed by atoms with E-state index in [0.717, 1.165) is 11.4 Å². The molecule has 0 radical (unpaired) electrons. The van der Waals surface area contributed by atoms with Gasteiger partial charge in [0.05, 0.1) is 24.2 Å². The maximum atomic E-state index is 8.99. The summed E-state index contributed by atoms with van der Waals surface area (Å²) in [6.45, 7) is 1.35. The Balaban J connectivity index is 2.10. The van der Waals surface area contributed by atoms with E-state index in [2.05, 4.69) is 9.88 Å². The molecule has 0 bridgehead atoms. The van der Waals surface area contributed by atoms with E-state index >= 15 is 0 Å². The number of aliphatic hydroxyl groups excluding tert-OH is 1. The summed E-state index contributed by atoms with van der Waals surface area (Å²) in [4.78, 5) is 6.48. The molecule has 0 unspecified atom stereocenters. The molecule has 0 saturated heterocycles. The highest BCUT2D eigenvalue weighted by Crippen LogP contribution is 2.30. The number of nitrogens with zero attached hydrogens (tertiary/aromatic N) is 2. The smallest absolute Gasteiger partial charge is 0.0606 e. The van der Waals surface area contributed by atoms with Crippen molar-refractivity contribution in [3.05, 3.63) is 24.0 Å². The molecule has 1 aromatic heterocycles. The molecule has 1 aliphatic carbocycles. The lowest BCUT2D eigenvalue weighted by molar-refractivity contribution is 0.301. The predicted octanol–water partition coefficient (Wildman–Crippen LogP) is 0.501. The van der Waals surface area contributed by atoms with Crippen molar-refractivity contribution in [1.29, 1.82) is 0 Å². The van der Waals surface area contributed by atoms with E-state index in [4.69, 9.17) is 10.8 Å². The largest absolute Gasteiger partial charge is 0.395 e. The fraction of sp³-hybridized carbons (Fsp3) is 0.545. The van der Waals surface area contributed by atoms with Gasteiger partial charge in [-0.2, -0.15) is 0 Å². The SMILES string of the molecule is NCc1ccc(N(CCO)C2CC2)cn1. The van der Waals surface area contributed by atoms with E-state index < -0.39 is 0 Å². The van der Waals surface area contributed by atoms with Crippen LogP contribution in [0.5, 0.6) is 0 Å². The second-order valence-electron chi connectivity index (χ2n) is 3.86. The molecule has 0 aliphatic heterocycles. The van der Waals surface area contributed by atoms with Gasteiger partial charge in [0.2, 0.25) is 0 Å². The van der Waals surface area contributed by atoms with Crippen LogP contribution < -0.4 is 10.6 Å². The number of aromatic nitrogens is 1. The number of pyridine rings is 1. The third-order valence-electron chi connectivity index (χ3n) is 2.68. The molecule has 0 atom stereocenters. The number of hydrogen-bond donors (Lipinski definition) is 2. The van der Waals surface area contributed by atoms with Crippen LogP contribution >= 0.6 is 0 Å². The van der Waals surface area contributed by atoms with Crippen LogP contribution in [0.2, 0.25) is 0 Å². The Hall–Kier alpha value is -1.13. The maximum absolute atomic E-state index is 8.99. The summed E-state index contributed by atoms with van der Waals surface area (Å²) in [5.74, 6) is 0. The molecule has 0 spiro atoms. The Morgan fingerprint density at radius 3 is 2.73 bits per heavy atom. The number of rotatable bonds is 5. The number of anilines is 1. The van der Waals surface area contributed by atoms with Crippen molar-refractivity contribution in [1.82, 2.24) is 4.98 Å². The molecule has 1 aromatic rings. The van der Waals surface area contributed by atoms with E-state index in [1.165, 1.54) is 12.8 Å². The van der Waals surface area contributed by atoms with E-state index in [-0.39, 0.29) is 6.61 Å². The predicted molar refractivity (Wildman–Crippen MR) is 59.6 cm³/mol. The standard InChI is InChI=1S/C11H17N3O/c12-7-9-1-2-11(8-13-9)14(5-6-15)10-3-4-10/h1-2,8,10,15H,3-7,12H2. The first-order valence-electron chi connectivity index (χ1n) is 5.37. The molecule has 4 nitrogen and oxygen atoms in total. The van der Waals surface area contributed by atoms with Crippen LogP contribution in [-0.2, 0) is 6.54 Å². The Morgan fingerprint density at radius 2 is 2.27 bits per heavy atom. The van der Waals surface area contributed by atoms with Crippen LogP contribution in [0, 0.1) is 0 Å². The molecule has 0 aromatic carbocycles. The summed E-state index contributed by atoms with van der Waals surface area (Å²) in [7, 11) is 0. The van der Waals surface area contributed by atoms with Crippen molar-refractivity contribution in [3.8, 4) is 0 Å². The van der Waals surface area contributed by atoms with Crippen LogP contribution in [0.4, 0.5) is 5.69 Å². The summed E-state index contributed by atoms with van der Waals surface area (Å²) in [5, 5.41) is 8.99. The Labute approximate surface area is 89.7 Å². The highest BCUT2D eigenvalue weighted by molar-refractivity contribution is 5.47. The fourth-order valence-corrected chi connectivity index (χ4v) is 1.72. The van der Waals surface area contributed by atoms with Gasteiger partial charge in [-0.1, -0.05) is 0 Å². The lowest BCUT2D eigenvalue weighted by Gasteiger charge is -2.23. The Bertz CT molecular complexity index is 308. The highest BCUT2D eigenvalue weighted by Gasteiger charge is 2.28. The molecule has 1 saturated carbocycles. The minimum Gasteiger partial charge on any atom is -0.395 e. The van der Waals surface area contributed by atoms with Gasteiger partial charge in [0.25, 0.3) is 0 Å². The molecule has 1 fully saturated rings. The van der Waals surface area contributed by atoms with Crippen molar-refractivity contribution >= 4 is 5.69 Å². The van der Waals surface area contributed by atoms with Gasteiger partial charge < -0.3 is 15.7 Å². The van der Waals surface area contributed by atoms with Gasteiger partial charge in [0.1, 0.15) is 0 Å². The second kappa shape index (κ2) is 4.59. The summed E-state index contributed by atoms with van der Waals surface area (Å²) in [6, 6.07) is 4.58. The van der Waals surface area contributed by atoms with Crippen LogP contribution in [0.15, 0.2) is 18.3 Å². The molecule has 1 heterocycles. The van der Waals surface area contributed by atoms with E-state index in [9.17, 15) is 0 Å². The maximum Gasteiger partial charge on any atom is 0.0606 e. The first kappa shape index (κ1) is 10.4. The molecule has 2 rings (SSSR count). The van der Waals surface area contributed by atoms with Gasteiger partial charge in [-0.15, -0.1) is 0 Å². The lowest BCUT2D eigenvalue weighted by atomic mass is 10.3. The zero-order valence-corrected chi connectivity index (χ0v) is 8.76. The zero-order valence-electron chi connectivity index (χ0n) is 8.76. The minimum absolute atomic E-state index is 0.190. The molecule has 3 N–H and O–H groups in total. The van der Waals surface area contributed by atoms with Crippen LogP contribution in [0.3, 0.4) is 0 Å². The molecule has 4 heteroatoms. The van der Waals surface area contributed by atoms with Crippen molar-refractivity contribution in [2.24, 2.45) is 5.73 Å².